The van der Waals surface area contributed by atoms with E-state index in [0.29, 0.717) is 12.4 Å². The van der Waals surface area contributed by atoms with Gasteiger partial charge in [-0.15, -0.1) is 0 Å². The summed E-state index contributed by atoms with van der Waals surface area (Å²) in [6, 6.07) is 9.16. The number of benzene rings is 1. The molecule has 0 aliphatic heterocycles. The van der Waals surface area contributed by atoms with E-state index in [1.807, 2.05) is 50.5 Å². The van der Waals surface area contributed by atoms with Gasteiger partial charge in [-0.05, 0) is 37.3 Å². The van der Waals surface area contributed by atoms with E-state index < -0.39 is 0 Å². The summed E-state index contributed by atoms with van der Waals surface area (Å²) in [5.74, 6) is 0.673. The SMILES string of the molecule is Cc1ccnc(-c2ccc(NC(=O)N(C)Cc3cnn(C)c3)cc2)n1. The number of aryl methyl sites for hydroxylation is 2. The van der Waals surface area contributed by atoms with E-state index in [1.54, 1.807) is 29.0 Å². The molecule has 0 saturated heterocycles. The van der Waals surface area contributed by atoms with Crippen molar-refractivity contribution in [1.82, 2.24) is 24.6 Å². The van der Waals surface area contributed by atoms with Gasteiger partial charge >= 0.3 is 6.03 Å². The Hall–Kier alpha value is -3.22. The first-order valence-corrected chi connectivity index (χ1v) is 7.91. The first-order valence-electron chi connectivity index (χ1n) is 7.91. The molecule has 2 amide bonds. The topological polar surface area (TPSA) is 75.9 Å². The van der Waals surface area contributed by atoms with Gasteiger partial charge in [-0.25, -0.2) is 14.8 Å². The molecule has 25 heavy (non-hydrogen) atoms. The van der Waals surface area contributed by atoms with Crippen molar-refractivity contribution in [1.29, 1.82) is 0 Å². The summed E-state index contributed by atoms with van der Waals surface area (Å²) < 4.78 is 1.72. The Kier molecular flexibility index (Phi) is 4.74. The standard InChI is InChI=1S/C18H20N6O/c1-13-8-9-19-17(21-13)15-4-6-16(7-5-15)22-18(25)23(2)11-14-10-20-24(3)12-14/h4-10,12H,11H2,1-3H3,(H,22,25). The number of amides is 2. The van der Waals surface area contributed by atoms with Crippen molar-refractivity contribution in [3.63, 3.8) is 0 Å². The summed E-state index contributed by atoms with van der Waals surface area (Å²) in [5.41, 5.74) is 3.52. The van der Waals surface area contributed by atoms with Gasteiger partial charge in [-0.1, -0.05) is 0 Å². The van der Waals surface area contributed by atoms with Gasteiger partial charge in [-0.3, -0.25) is 4.68 Å². The summed E-state index contributed by atoms with van der Waals surface area (Å²) in [6.07, 6.45) is 5.38. The molecule has 0 saturated carbocycles. The van der Waals surface area contributed by atoms with Gasteiger partial charge in [0.15, 0.2) is 5.82 Å². The molecule has 0 fully saturated rings. The quantitative estimate of drug-likeness (QED) is 0.795. The minimum atomic E-state index is -0.177. The largest absolute Gasteiger partial charge is 0.323 e. The lowest BCUT2D eigenvalue weighted by Gasteiger charge is -2.17. The van der Waals surface area contributed by atoms with E-state index in [0.717, 1.165) is 22.5 Å². The Balaban J connectivity index is 1.63. The Morgan fingerprint density at radius 3 is 2.64 bits per heavy atom. The Morgan fingerprint density at radius 1 is 1.24 bits per heavy atom. The predicted octanol–water partition coefficient (Wildman–Crippen LogP) is 2.85. The molecule has 0 spiro atoms. The number of carbonyl (C=O) groups is 1. The summed E-state index contributed by atoms with van der Waals surface area (Å²) in [5, 5.41) is 6.98. The maximum atomic E-state index is 12.3. The van der Waals surface area contributed by atoms with Crippen LogP contribution in [0.4, 0.5) is 10.5 Å². The molecule has 7 nitrogen and oxygen atoms in total. The Labute approximate surface area is 146 Å². The molecule has 1 N–H and O–H groups in total. The Morgan fingerprint density at radius 2 is 2.00 bits per heavy atom. The van der Waals surface area contributed by atoms with Gasteiger partial charge in [0.25, 0.3) is 0 Å². The molecule has 2 heterocycles. The third-order valence-corrected chi connectivity index (χ3v) is 3.71. The second-order valence-corrected chi connectivity index (χ2v) is 5.91. The molecule has 3 aromatic rings. The highest BCUT2D eigenvalue weighted by atomic mass is 16.2. The highest BCUT2D eigenvalue weighted by Crippen LogP contribution is 2.18. The van der Waals surface area contributed by atoms with Crippen molar-refractivity contribution in [2.45, 2.75) is 13.5 Å². The number of anilines is 1. The molecule has 1 aromatic carbocycles. The number of nitrogens with one attached hydrogen (secondary N) is 1. The fourth-order valence-corrected chi connectivity index (χ4v) is 2.41. The molecule has 0 radical (unpaired) electrons. The Bertz CT molecular complexity index is 871. The molecule has 128 valence electrons. The lowest BCUT2D eigenvalue weighted by Crippen LogP contribution is -2.30. The average molecular weight is 336 g/mol. The van der Waals surface area contributed by atoms with E-state index in [1.165, 1.54) is 0 Å². The highest BCUT2D eigenvalue weighted by Gasteiger charge is 2.10. The van der Waals surface area contributed by atoms with Crippen LogP contribution in [0.1, 0.15) is 11.3 Å². The van der Waals surface area contributed by atoms with E-state index in [2.05, 4.69) is 20.4 Å². The third-order valence-electron chi connectivity index (χ3n) is 3.71. The van der Waals surface area contributed by atoms with Crippen molar-refractivity contribution >= 4 is 11.7 Å². The molecule has 0 bridgehead atoms. The first kappa shape index (κ1) is 16.6. The monoisotopic (exact) mass is 336 g/mol. The number of hydrogen-bond donors (Lipinski definition) is 1. The molecule has 0 unspecified atom stereocenters. The second kappa shape index (κ2) is 7.12. The van der Waals surface area contributed by atoms with Crippen LogP contribution in [0.5, 0.6) is 0 Å². The molecular formula is C18H20N6O. The van der Waals surface area contributed by atoms with E-state index in [-0.39, 0.29) is 6.03 Å². The number of hydrogen-bond acceptors (Lipinski definition) is 4. The molecule has 0 aliphatic carbocycles. The molecular weight excluding hydrogens is 316 g/mol. The van der Waals surface area contributed by atoms with Gasteiger partial charge in [0.1, 0.15) is 0 Å². The first-order chi connectivity index (χ1) is 12.0. The van der Waals surface area contributed by atoms with Crippen LogP contribution in [-0.4, -0.2) is 37.7 Å². The van der Waals surface area contributed by atoms with Gasteiger partial charge < -0.3 is 10.2 Å². The van der Waals surface area contributed by atoms with E-state index in [4.69, 9.17) is 0 Å². The summed E-state index contributed by atoms with van der Waals surface area (Å²) >= 11 is 0. The number of nitrogens with zero attached hydrogens (tertiary/aromatic N) is 5. The fourth-order valence-electron chi connectivity index (χ4n) is 2.41. The van der Waals surface area contributed by atoms with Crippen molar-refractivity contribution in [2.24, 2.45) is 7.05 Å². The molecule has 0 atom stereocenters. The van der Waals surface area contributed by atoms with E-state index in [9.17, 15) is 4.79 Å². The van der Waals surface area contributed by atoms with Crippen LogP contribution >= 0.6 is 0 Å². The van der Waals surface area contributed by atoms with E-state index >= 15 is 0 Å². The smallest absolute Gasteiger partial charge is 0.321 e. The fraction of sp³-hybridized carbons (Fsp3) is 0.222. The number of aromatic nitrogens is 4. The number of rotatable bonds is 4. The highest BCUT2D eigenvalue weighted by molar-refractivity contribution is 5.89. The van der Waals surface area contributed by atoms with Crippen LogP contribution in [0.25, 0.3) is 11.4 Å². The number of urea groups is 1. The van der Waals surface area contributed by atoms with Crippen LogP contribution < -0.4 is 5.32 Å². The number of carbonyl (C=O) groups excluding carboxylic acids is 1. The minimum absolute atomic E-state index is 0.177. The van der Waals surface area contributed by atoms with Crippen LogP contribution in [0.3, 0.4) is 0 Å². The van der Waals surface area contributed by atoms with Crippen LogP contribution in [-0.2, 0) is 13.6 Å². The van der Waals surface area contributed by atoms with Crippen molar-refractivity contribution in [3.05, 3.63) is 60.2 Å². The molecule has 7 heteroatoms. The maximum absolute atomic E-state index is 12.3. The third kappa shape index (κ3) is 4.20. The average Bonchev–Trinajstić information content (AvgIpc) is 3.00. The minimum Gasteiger partial charge on any atom is -0.323 e. The normalized spacial score (nSPS) is 10.5. The van der Waals surface area contributed by atoms with Crippen molar-refractivity contribution in [2.75, 3.05) is 12.4 Å². The lowest BCUT2D eigenvalue weighted by molar-refractivity contribution is 0.220. The maximum Gasteiger partial charge on any atom is 0.321 e. The zero-order valence-electron chi connectivity index (χ0n) is 14.5. The summed E-state index contributed by atoms with van der Waals surface area (Å²) in [4.78, 5) is 22.6. The molecule has 2 aromatic heterocycles. The zero-order valence-corrected chi connectivity index (χ0v) is 14.5. The summed E-state index contributed by atoms with van der Waals surface area (Å²) in [7, 11) is 3.60. The van der Waals surface area contributed by atoms with Gasteiger partial charge in [-0.2, -0.15) is 5.10 Å². The van der Waals surface area contributed by atoms with Crippen LogP contribution in [0.15, 0.2) is 48.9 Å². The predicted molar refractivity (Wildman–Crippen MR) is 95.9 cm³/mol. The van der Waals surface area contributed by atoms with Crippen molar-refractivity contribution < 1.29 is 4.79 Å². The van der Waals surface area contributed by atoms with Crippen LogP contribution in [0, 0.1) is 6.92 Å². The van der Waals surface area contributed by atoms with Gasteiger partial charge in [0.05, 0.1) is 12.7 Å². The van der Waals surface area contributed by atoms with Crippen LogP contribution in [0.2, 0.25) is 0 Å². The van der Waals surface area contributed by atoms with Gasteiger partial charge in [0, 0.05) is 49.0 Å². The molecule has 3 rings (SSSR count). The second-order valence-electron chi connectivity index (χ2n) is 5.91. The lowest BCUT2D eigenvalue weighted by atomic mass is 10.2. The zero-order chi connectivity index (χ0) is 17.8. The van der Waals surface area contributed by atoms with Gasteiger partial charge in [0.2, 0.25) is 0 Å². The van der Waals surface area contributed by atoms with Crippen molar-refractivity contribution in [3.8, 4) is 11.4 Å². The summed E-state index contributed by atoms with van der Waals surface area (Å²) in [6.45, 7) is 2.42. The molecule has 0 aliphatic rings.